The molecule has 0 heterocycles. The summed E-state index contributed by atoms with van der Waals surface area (Å²) in [6.07, 6.45) is 0. The van der Waals surface area contributed by atoms with Gasteiger partial charge in [-0.25, -0.2) is 4.57 Å². The van der Waals surface area contributed by atoms with Gasteiger partial charge in [0.2, 0.25) is 0 Å². The summed E-state index contributed by atoms with van der Waals surface area (Å²) in [5.41, 5.74) is 0. The van der Waals surface area contributed by atoms with E-state index in [-0.39, 0.29) is 32.9 Å². The van der Waals surface area contributed by atoms with Gasteiger partial charge in [0.05, 0.1) is 0 Å². The van der Waals surface area contributed by atoms with Gasteiger partial charge in [0, 0.05) is 0 Å². The van der Waals surface area contributed by atoms with Crippen LogP contribution in [0.1, 0.15) is 0 Å². The van der Waals surface area contributed by atoms with Gasteiger partial charge in [-0.2, -0.15) is 0 Å². The summed E-state index contributed by atoms with van der Waals surface area (Å²) in [6.45, 7) is 0. The molecule has 59 heavy (non-hydrogen) atoms. The van der Waals surface area contributed by atoms with Crippen molar-refractivity contribution in [3.8, 4) is 0 Å². The fraction of sp³-hybridized carbons (Fsp3) is 0. The van der Waals surface area contributed by atoms with E-state index >= 15 is 0 Å². The third kappa shape index (κ3) is 221000. The Morgan fingerprint density at radius 2 is 0.169 bits per heavy atom. The first-order valence-corrected chi connectivity index (χ1v) is 51.5. The number of rotatable bonds is 0. The van der Waals surface area contributed by atoms with Crippen LogP contribution in [0.15, 0.2) is 0 Å². The van der Waals surface area contributed by atoms with Crippen molar-refractivity contribution < 1.29 is 381 Å². The van der Waals surface area contributed by atoms with Crippen LogP contribution in [-0.4, -0.2) is 47.5 Å². The second-order valence-electron chi connectivity index (χ2n) is 2.96. The average molecular weight is 2990 g/mol. The molecular formula is H15O46PW12. The molecule has 0 amide bonds. The van der Waals surface area contributed by atoms with Crippen LogP contribution in [0.4, 0.5) is 0 Å². The molecular weight excluding hydrogens is 2970 g/mol. The Balaban J connectivity index is -0.0000000171. The van der Waals surface area contributed by atoms with E-state index in [0.29, 0.717) is 0 Å². The minimum absolute atomic E-state index is 0. The Morgan fingerprint density at radius 1 is 0.169 bits per heavy atom. The standard InChI is InChI=1S/H3O4P.6H2O.36O.12W/c1-5(2,3)4;;;;;;;;;;;;;;;;;;;;;;;;;;;;;;;;;;;;;;;;;;;;;;;;;;;;;;/h(H3,1,2,3,4);6*1H2;;;;;;;;;;;;;;;;;;;;;;;;;;;;;;;;;;;;;;;;;;;;;;;;. The predicted molar refractivity (Wildman–Crippen MR) is 60.7 cm³/mol. The van der Waals surface area contributed by atoms with Crippen molar-refractivity contribution in [2.45, 2.75) is 0 Å². The molecule has 0 aromatic carbocycles. The summed E-state index contributed by atoms with van der Waals surface area (Å²) < 4.78 is 319. The summed E-state index contributed by atoms with van der Waals surface area (Å²) in [7, 11) is -4.64. The third-order valence-electron chi connectivity index (χ3n) is 0. The number of phosphoric acid groups is 1. The predicted octanol–water partition coefficient (Wildman–Crippen LogP) is -10.2. The SMILES string of the molecule is O.O.O.O.O.O.O=P(O)(O)O.[O]=[W](=[O])=[O].[O]=[W](=[O])=[O].[O]=[W](=[O])=[O].[O]=[W](=[O])=[O].[O]=[W](=[O])=[O].[O]=[W](=[O])=[O].[O]=[W](=[O])=[O].[O]=[W](=[O])=[O].[O]=[W](=[O])=[O].[O]=[W](=[O])=[O].[O]=[W](=[O])=[O].[O]=[W](=[O])=[O]. The zero-order valence-corrected chi connectivity index (χ0v) is 60.9. The molecule has 0 saturated heterocycles. The van der Waals surface area contributed by atoms with Gasteiger partial charge >= 0.3 is 337 Å². The van der Waals surface area contributed by atoms with Gasteiger partial charge in [0.15, 0.2) is 0 Å². The molecule has 59 heteroatoms. The first-order valence-electron chi connectivity index (χ1n) is 6.78. The summed E-state index contributed by atoms with van der Waals surface area (Å²) in [6, 6.07) is 0. The van der Waals surface area contributed by atoms with Crippen LogP contribution in [0.2, 0.25) is 0 Å². The first kappa shape index (κ1) is 124. The molecule has 0 saturated carbocycles. The van der Waals surface area contributed by atoms with E-state index in [2.05, 4.69) is 0 Å². The van der Waals surface area contributed by atoms with E-state index in [1.54, 1.807) is 0 Å². The zero-order chi connectivity index (χ0) is 47.4. The van der Waals surface area contributed by atoms with Gasteiger partial charge < -0.3 is 47.5 Å². The Hall–Kier alpha value is 0.930. The summed E-state index contributed by atoms with van der Waals surface area (Å²) in [4.78, 5) is 21.6. The van der Waals surface area contributed by atoms with Gasteiger partial charge in [-0.15, -0.1) is 0 Å². The Kier molecular flexibility index (Phi) is 226. The van der Waals surface area contributed by atoms with Crippen molar-refractivity contribution in [1.82, 2.24) is 0 Å². The normalized spacial score (nSPS) is 5.88. The molecule has 0 aromatic rings. The van der Waals surface area contributed by atoms with Crippen LogP contribution >= 0.6 is 7.82 Å². The number of hydrogen-bond acceptors (Lipinski definition) is 37. The molecule has 0 aromatic heterocycles. The molecule has 0 aliphatic carbocycles. The Labute approximate surface area is 382 Å². The molecule has 368 valence electrons. The summed E-state index contributed by atoms with van der Waals surface area (Å²) in [5.74, 6) is 0. The van der Waals surface area contributed by atoms with Crippen molar-refractivity contribution in [3.05, 3.63) is 0 Å². The quantitative estimate of drug-likeness (QED) is 0.190. The van der Waals surface area contributed by atoms with Crippen molar-refractivity contribution in [2.24, 2.45) is 0 Å². The van der Waals surface area contributed by atoms with Crippen LogP contribution in [-0.2, 0) is 333 Å². The topological polar surface area (TPSA) is 881 Å². The molecule has 0 aliphatic rings. The van der Waals surface area contributed by atoms with E-state index in [4.69, 9.17) is 142 Å². The van der Waals surface area contributed by atoms with Crippen molar-refractivity contribution in [1.29, 1.82) is 0 Å². The first-order chi connectivity index (χ1) is 22.8. The van der Waals surface area contributed by atoms with Crippen LogP contribution in [0.3, 0.4) is 0 Å². The fourth-order valence-corrected chi connectivity index (χ4v) is 0. The molecule has 46 nitrogen and oxygen atoms in total. The summed E-state index contributed by atoms with van der Waals surface area (Å²) in [5, 5.41) is 0. The van der Waals surface area contributed by atoms with Crippen LogP contribution in [0, 0.1) is 0 Å². The minimum atomic E-state index is -4.64. The van der Waals surface area contributed by atoms with E-state index in [1.165, 1.54) is 0 Å². The van der Waals surface area contributed by atoms with E-state index in [9.17, 15) is 0 Å². The molecule has 0 bridgehead atoms. The zero-order valence-electron chi connectivity index (χ0n) is 24.8. The third-order valence-corrected chi connectivity index (χ3v) is 0. The van der Waals surface area contributed by atoms with E-state index < -0.39 is 214 Å². The Morgan fingerprint density at radius 3 is 0.169 bits per heavy atom. The van der Waals surface area contributed by atoms with Gasteiger partial charge in [-0.3, -0.25) is 0 Å². The maximum atomic E-state index is 8.88. The molecule has 0 radical (unpaired) electrons. The van der Waals surface area contributed by atoms with E-state index in [1.807, 2.05) is 0 Å². The monoisotopic (exact) mass is 2990 g/mol. The second-order valence-corrected chi connectivity index (χ2v) is 21.6. The number of hydrogen-bond donors (Lipinski definition) is 3. The van der Waals surface area contributed by atoms with E-state index in [0.717, 1.165) is 0 Å². The molecule has 0 spiro atoms. The molecule has 15 N–H and O–H groups in total. The van der Waals surface area contributed by atoms with Crippen molar-refractivity contribution >= 4 is 7.82 Å². The van der Waals surface area contributed by atoms with Gasteiger partial charge in [-0.05, 0) is 0 Å². The molecule has 0 aliphatic heterocycles. The van der Waals surface area contributed by atoms with Crippen LogP contribution < -0.4 is 0 Å². The van der Waals surface area contributed by atoms with Gasteiger partial charge in [0.1, 0.15) is 0 Å². The fourth-order valence-electron chi connectivity index (χ4n) is 0. The maximum absolute atomic E-state index is 8.88. The molecule has 0 atom stereocenters. The van der Waals surface area contributed by atoms with Crippen molar-refractivity contribution in [3.63, 3.8) is 0 Å². The average Bonchev–Trinajstić information content (AvgIpc) is 2.66. The van der Waals surface area contributed by atoms with Crippen molar-refractivity contribution in [2.75, 3.05) is 0 Å². The van der Waals surface area contributed by atoms with Gasteiger partial charge in [-0.1, -0.05) is 0 Å². The Bertz CT molecular complexity index is 1690. The molecule has 0 unspecified atom stereocenters. The molecule has 0 rings (SSSR count). The van der Waals surface area contributed by atoms with Crippen LogP contribution in [0.25, 0.3) is 0 Å². The van der Waals surface area contributed by atoms with Crippen LogP contribution in [0.5, 0.6) is 0 Å². The van der Waals surface area contributed by atoms with Gasteiger partial charge in [0.25, 0.3) is 0 Å². The molecule has 0 fully saturated rings. The second kappa shape index (κ2) is 107. The summed E-state index contributed by atoms with van der Waals surface area (Å²) >= 11 is -51.3.